The van der Waals surface area contributed by atoms with Crippen molar-refractivity contribution in [1.82, 2.24) is 15.4 Å². The highest BCUT2D eigenvalue weighted by Crippen LogP contribution is 2.27. The summed E-state index contributed by atoms with van der Waals surface area (Å²) < 4.78 is 16.2. The fourth-order valence-corrected chi connectivity index (χ4v) is 3.30. The molecule has 0 saturated heterocycles. The lowest BCUT2D eigenvalue weighted by Crippen LogP contribution is -2.39. The first kappa shape index (κ1) is 22.6. The Kier molecular flexibility index (Phi) is 8.83. The van der Waals surface area contributed by atoms with E-state index in [2.05, 4.69) is 40.3 Å². The standard InChI is InChI=1S/C22H34N4O3/c1-7-17(8-2)19-14-18(29-25-19)15-24-22(23-3)26(4)12-11-16-9-10-20(27-5)21(13-16)28-6/h9-10,13-14,17H,7-8,11-12,15H2,1-6H3,(H,23,24). The van der Waals surface area contributed by atoms with Crippen LogP contribution in [0.1, 0.15) is 49.6 Å². The molecule has 0 aliphatic rings. The van der Waals surface area contributed by atoms with Gasteiger partial charge in [-0.1, -0.05) is 25.1 Å². The maximum atomic E-state index is 5.49. The van der Waals surface area contributed by atoms with E-state index in [1.54, 1.807) is 21.3 Å². The van der Waals surface area contributed by atoms with Gasteiger partial charge in [-0.3, -0.25) is 4.99 Å². The van der Waals surface area contributed by atoms with E-state index in [9.17, 15) is 0 Å². The molecule has 0 aliphatic heterocycles. The average Bonchev–Trinajstić information content (AvgIpc) is 3.22. The number of hydrogen-bond donors (Lipinski definition) is 1. The summed E-state index contributed by atoms with van der Waals surface area (Å²) in [6.45, 7) is 5.72. The van der Waals surface area contributed by atoms with E-state index in [1.165, 1.54) is 5.56 Å². The quantitative estimate of drug-likeness (QED) is 0.481. The van der Waals surface area contributed by atoms with E-state index in [1.807, 2.05) is 25.2 Å². The molecule has 0 fully saturated rings. The number of aliphatic imine (C=N–C) groups is 1. The maximum Gasteiger partial charge on any atom is 0.193 e. The highest BCUT2D eigenvalue weighted by Gasteiger charge is 2.14. The molecule has 0 aliphatic carbocycles. The Morgan fingerprint density at radius 2 is 1.90 bits per heavy atom. The Morgan fingerprint density at radius 3 is 2.52 bits per heavy atom. The van der Waals surface area contributed by atoms with Crippen LogP contribution in [0.5, 0.6) is 11.5 Å². The van der Waals surface area contributed by atoms with Gasteiger partial charge in [-0.2, -0.15) is 0 Å². The van der Waals surface area contributed by atoms with Crippen LogP contribution in [0.4, 0.5) is 0 Å². The Hall–Kier alpha value is -2.70. The van der Waals surface area contributed by atoms with Gasteiger partial charge in [0.15, 0.2) is 23.2 Å². The molecule has 0 spiro atoms. The maximum absolute atomic E-state index is 5.49. The fourth-order valence-electron chi connectivity index (χ4n) is 3.30. The molecular formula is C22H34N4O3. The van der Waals surface area contributed by atoms with Crippen molar-refractivity contribution >= 4 is 5.96 Å². The van der Waals surface area contributed by atoms with Crippen LogP contribution < -0.4 is 14.8 Å². The third-order valence-corrected chi connectivity index (χ3v) is 5.16. The number of likely N-dealkylation sites (N-methyl/N-ethyl adjacent to an activating group) is 1. The summed E-state index contributed by atoms with van der Waals surface area (Å²) in [5, 5.41) is 7.57. The topological polar surface area (TPSA) is 72.1 Å². The molecule has 160 valence electrons. The average molecular weight is 403 g/mol. The third-order valence-electron chi connectivity index (χ3n) is 5.16. The van der Waals surface area contributed by atoms with E-state index in [4.69, 9.17) is 14.0 Å². The molecule has 0 unspecified atom stereocenters. The molecule has 1 N–H and O–H groups in total. The summed E-state index contributed by atoms with van der Waals surface area (Å²) in [5.41, 5.74) is 2.21. The molecule has 0 atom stereocenters. The van der Waals surface area contributed by atoms with E-state index < -0.39 is 0 Å². The van der Waals surface area contributed by atoms with Crippen LogP contribution in [0.25, 0.3) is 0 Å². The lowest BCUT2D eigenvalue weighted by Gasteiger charge is -2.22. The minimum Gasteiger partial charge on any atom is -0.493 e. The van der Waals surface area contributed by atoms with E-state index in [-0.39, 0.29) is 0 Å². The number of aromatic nitrogens is 1. The van der Waals surface area contributed by atoms with Crippen LogP contribution in [-0.2, 0) is 13.0 Å². The Morgan fingerprint density at radius 1 is 1.17 bits per heavy atom. The fraction of sp³-hybridized carbons (Fsp3) is 0.545. The van der Waals surface area contributed by atoms with Crippen molar-refractivity contribution in [3.05, 3.63) is 41.3 Å². The van der Waals surface area contributed by atoms with Crippen molar-refractivity contribution in [2.75, 3.05) is 34.9 Å². The summed E-state index contributed by atoms with van der Waals surface area (Å²) in [7, 11) is 7.10. The minimum atomic E-state index is 0.455. The minimum absolute atomic E-state index is 0.455. The predicted molar refractivity (Wildman–Crippen MR) is 116 cm³/mol. The smallest absolute Gasteiger partial charge is 0.193 e. The van der Waals surface area contributed by atoms with Gasteiger partial charge in [0.05, 0.1) is 26.5 Å². The van der Waals surface area contributed by atoms with Gasteiger partial charge in [0.2, 0.25) is 0 Å². The highest BCUT2D eigenvalue weighted by atomic mass is 16.5. The summed E-state index contributed by atoms with van der Waals surface area (Å²) >= 11 is 0. The predicted octanol–water partition coefficient (Wildman–Crippen LogP) is 3.85. The van der Waals surface area contributed by atoms with Crippen LogP contribution >= 0.6 is 0 Å². The zero-order valence-electron chi connectivity index (χ0n) is 18.5. The number of benzene rings is 1. The first-order chi connectivity index (χ1) is 14.1. The second kappa shape index (κ2) is 11.3. The monoisotopic (exact) mass is 402 g/mol. The van der Waals surface area contributed by atoms with Crippen molar-refractivity contribution in [2.45, 2.75) is 45.6 Å². The number of nitrogens with one attached hydrogen (secondary N) is 1. The number of guanidine groups is 1. The molecule has 7 heteroatoms. The number of rotatable bonds is 10. The van der Waals surface area contributed by atoms with E-state index in [0.29, 0.717) is 12.5 Å². The van der Waals surface area contributed by atoms with Crippen LogP contribution in [0.3, 0.4) is 0 Å². The van der Waals surface area contributed by atoms with Crippen LogP contribution in [0.2, 0.25) is 0 Å². The number of ether oxygens (including phenoxy) is 2. The van der Waals surface area contributed by atoms with E-state index in [0.717, 1.165) is 54.7 Å². The SMILES string of the molecule is CCC(CC)c1cc(CNC(=NC)N(C)CCc2ccc(OC)c(OC)c2)on1. The lowest BCUT2D eigenvalue weighted by atomic mass is 9.99. The van der Waals surface area contributed by atoms with Gasteiger partial charge in [-0.25, -0.2) is 0 Å². The van der Waals surface area contributed by atoms with Crippen molar-refractivity contribution in [1.29, 1.82) is 0 Å². The van der Waals surface area contributed by atoms with Gasteiger partial charge >= 0.3 is 0 Å². The van der Waals surface area contributed by atoms with E-state index >= 15 is 0 Å². The lowest BCUT2D eigenvalue weighted by molar-refractivity contribution is 0.354. The highest BCUT2D eigenvalue weighted by molar-refractivity contribution is 5.79. The van der Waals surface area contributed by atoms with Gasteiger partial charge in [0.25, 0.3) is 0 Å². The van der Waals surface area contributed by atoms with Gasteiger partial charge in [0.1, 0.15) is 0 Å². The normalized spacial score (nSPS) is 11.6. The number of methoxy groups -OCH3 is 2. The second-order valence-corrected chi connectivity index (χ2v) is 6.99. The first-order valence-corrected chi connectivity index (χ1v) is 10.1. The molecule has 0 radical (unpaired) electrons. The molecule has 29 heavy (non-hydrogen) atoms. The summed E-state index contributed by atoms with van der Waals surface area (Å²) in [4.78, 5) is 6.47. The summed E-state index contributed by atoms with van der Waals surface area (Å²) in [5.74, 6) is 3.57. The first-order valence-electron chi connectivity index (χ1n) is 10.1. The molecule has 2 aromatic rings. The molecule has 0 saturated carbocycles. The van der Waals surface area contributed by atoms with Gasteiger partial charge < -0.3 is 24.2 Å². The van der Waals surface area contributed by atoms with Crippen LogP contribution in [0, 0.1) is 0 Å². The van der Waals surface area contributed by atoms with Gasteiger partial charge in [-0.05, 0) is 37.0 Å². The molecule has 1 heterocycles. The Balaban J connectivity index is 1.90. The molecule has 7 nitrogen and oxygen atoms in total. The zero-order valence-corrected chi connectivity index (χ0v) is 18.5. The van der Waals surface area contributed by atoms with Gasteiger partial charge in [-0.15, -0.1) is 0 Å². The summed E-state index contributed by atoms with van der Waals surface area (Å²) in [6.07, 6.45) is 2.99. The molecule has 0 amide bonds. The number of hydrogen-bond acceptors (Lipinski definition) is 5. The van der Waals surface area contributed by atoms with Crippen molar-refractivity contribution in [2.24, 2.45) is 4.99 Å². The molecular weight excluding hydrogens is 368 g/mol. The molecule has 2 rings (SSSR count). The van der Waals surface area contributed by atoms with Crippen LogP contribution in [-0.4, -0.2) is 50.9 Å². The summed E-state index contributed by atoms with van der Waals surface area (Å²) in [6, 6.07) is 8.04. The number of nitrogens with zero attached hydrogens (tertiary/aromatic N) is 3. The third kappa shape index (κ3) is 6.14. The zero-order chi connectivity index (χ0) is 21.2. The molecule has 1 aromatic carbocycles. The Bertz CT molecular complexity index is 784. The largest absolute Gasteiger partial charge is 0.493 e. The van der Waals surface area contributed by atoms with Crippen LogP contribution in [0.15, 0.2) is 33.8 Å². The second-order valence-electron chi connectivity index (χ2n) is 6.99. The van der Waals surface area contributed by atoms with Crippen molar-refractivity contribution < 1.29 is 14.0 Å². The van der Waals surface area contributed by atoms with Crippen molar-refractivity contribution in [3.63, 3.8) is 0 Å². The molecule has 0 bridgehead atoms. The Labute approximate surface area is 174 Å². The van der Waals surface area contributed by atoms with Crippen molar-refractivity contribution in [3.8, 4) is 11.5 Å². The van der Waals surface area contributed by atoms with Gasteiger partial charge in [0, 0.05) is 32.6 Å². The molecule has 1 aromatic heterocycles.